The van der Waals surface area contributed by atoms with E-state index in [4.69, 9.17) is 13.9 Å². The molecular weight excluding hydrogens is 324 g/mol. The number of ether oxygens (including phenoxy) is 2. The first-order chi connectivity index (χ1) is 12.0. The van der Waals surface area contributed by atoms with Crippen molar-refractivity contribution >= 4 is 11.9 Å². The molecule has 1 aromatic heterocycles. The lowest BCUT2D eigenvalue weighted by Crippen LogP contribution is -2.54. The summed E-state index contributed by atoms with van der Waals surface area (Å²) in [7, 11) is 0. The number of hydrogen-bond donors (Lipinski definition) is 1. The molecule has 0 bridgehead atoms. The smallest absolute Gasteiger partial charge is 0.336 e. The maximum absolute atomic E-state index is 13.1. The van der Waals surface area contributed by atoms with Crippen LogP contribution in [0.2, 0.25) is 0 Å². The molecule has 0 aromatic carbocycles. The first-order valence-electron chi connectivity index (χ1n) is 8.88. The maximum atomic E-state index is 13.1. The van der Waals surface area contributed by atoms with Crippen LogP contribution in [0, 0.1) is 17.3 Å². The zero-order valence-electron chi connectivity index (χ0n) is 14.0. The largest absolute Gasteiger partial charge is 0.472 e. The standard InChI is InChI=1S/C19H20O6/c1-10-7-19(22)15-12(16(20)25-19)3-2-4-13(15)18(10)8-14(24-17(18)21)11-5-6-23-9-11/h5-6,9-10,13-14,22H,2-4,7-8H2,1H3/t10-,13-,14-,18+,19+/m0/s1. The van der Waals surface area contributed by atoms with Gasteiger partial charge in [-0.3, -0.25) is 4.79 Å². The van der Waals surface area contributed by atoms with Gasteiger partial charge >= 0.3 is 11.9 Å². The van der Waals surface area contributed by atoms with Crippen LogP contribution in [-0.2, 0) is 19.1 Å². The number of fused-ring (bicyclic) bond motifs is 1. The molecule has 25 heavy (non-hydrogen) atoms. The monoisotopic (exact) mass is 344 g/mol. The second-order valence-corrected chi connectivity index (χ2v) is 7.81. The molecule has 1 aromatic rings. The fourth-order valence-corrected chi connectivity index (χ4v) is 5.57. The van der Waals surface area contributed by atoms with Gasteiger partial charge in [-0.2, -0.15) is 0 Å². The predicted molar refractivity (Wildman–Crippen MR) is 83.8 cm³/mol. The number of rotatable bonds is 1. The van der Waals surface area contributed by atoms with Gasteiger partial charge in [-0.25, -0.2) is 4.79 Å². The number of aliphatic hydroxyl groups is 1. The molecule has 1 spiro atoms. The van der Waals surface area contributed by atoms with Gasteiger partial charge < -0.3 is 19.0 Å². The molecule has 3 heterocycles. The van der Waals surface area contributed by atoms with Gasteiger partial charge in [-0.15, -0.1) is 0 Å². The lowest BCUT2D eigenvalue weighted by atomic mass is 9.53. The summed E-state index contributed by atoms with van der Waals surface area (Å²) in [6.45, 7) is 1.95. The van der Waals surface area contributed by atoms with Crippen molar-refractivity contribution in [3.8, 4) is 0 Å². The van der Waals surface area contributed by atoms with E-state index in [9.17, 15) is 14.7 Å². The van der Waals surface area contributed by atoms with Crippen LogP contribution in [-0.4, -0.2) is 22.8 Å². The maximum Gasteiger partial charge on any atom is 0.336 e. The fourth-order valence-electron chi connectivity index (χ4n) is 5.57. The third-order valence-electron chi connectivity index (χ3n) is 6.67. The van der Waals surface area contributed by atoms with Crippen molar-refractivity contribution in [2.75, 3.05) is 0 Å². The molecule has 5 rings (SSSR count). The molecule has 2 fully saturated rings. The second kappa shape index (κ2) is 4.75. The Morgan fingerprint density at radius 1 is 1.28 bits per heavy atom. The van der Waals surface area contributed by atoms with E-state index >= 15 is 0 Å². The topological polar surface area (TPSA) is 86.0 Å². The molecule has 132 valence electrons. The summed E-state index contributed by atoms with van der Waals surface area (Å²) >= 11 is 0. The predicted octanol–water partition coefficient (Wildman–Crippen LogP) is 2.64. The van der Waals surface area contributed by atoms with E-state index < -0.39 is 17.2 Å². The molecule has 5 atom stereocenters. The molecule has 6 heteroatoms. The minimum atomic E-state index is -1.55. The van der Waals surface area contributed by atoms with Crippen molar-refractivity contribution in [2.45, 2.75) is 50.9 Å². The summed E-state index contributed by atoms with van der Waals surface area (Å²) in [5, 5.41) is 11.0. The number of hydrogen-bond acceptors (Lipinski definition) is 6. The Hall–Kier alpha value is -2.08. The fraction of sp³-hybridized carbons (Fsp3) is 0.579. The molecule has 0 radical (unpaired) electrons. The average molecular weight is 344 g/mol. The van der Waals surface area contributed by atoms with Crippen LogP contribution < -0.4 is 0 Å². The van der Waals surface area contributed by atoms with Crippen LogP contribution in [0.5, 0.6) is 0 Å². The number of cyclic esters (lactones) is 1. The van der Waals surface area contributed by atoms with Gasteiger partial charge in [0.1, 0.15) is 6.10 Å². The second-order valence-electron chi connectivity index (χ2n) is 7.81. The quantitative estimate of drug-likeness (QED) is 0.788. The van der Waals surface area contributed by atoms with Crippen LogP contribution in [0.4, 0.5) is 0 Å². The van der Waals surface area contributed by atoms with E-state index in [2.05, 4.69) is 0 Å². The summed E-state index contributed by atoms with van der Waals surface area (Å²) < 4.78 is 16.2. The van der Waals surface area contributed by atoms with Gasteiger partial charge in [-0.1, -0.05) is 6.92 Å². The molecule has 2 aliphatic heterocycles. The van der Waals surface area contributed by atoms with E-state index in [1.165, 1.54) is 0 Å². The summed E-state index contributed by atoms with van der Waals surface area (Å²) in [5.41, 5.74) is 1.35. The highest BCUT2D eigenvalue weighted by Crippen LogP contribution is 2.64. The Morgan fingerprint density at radius 2 is 2.12 bits per heavy atom. The Labute approximate surface area is 144 Å². The van der Waals surface area contributed by atoms with E-state index in [0.29, 0.717) is 24.0 Å². The number of carbonyl (C=O) groups is 2. The van der Waals surface area contributed by atoms with Crippen LogP contribution in [0.1, 0.15) is 50.7 Å². The van der Waals surface area contributed by atoms with E-state index in [1.807, 2.05) is 13.0 Å². The van der Waals surface area contributed by atoms with Crippen molar-refractivity contribution in [1.82, 2.24) is 0 Å². The van der Waals surface area contributed by atoms with E-state index in [-0.39, 0.29) is 30.3 Å². The van der Waals surface area contributed by atoms with Crippen LogP contribution in [0.15, 0.2) is 34.2 Å². The number of furan rings is 1. The third-order valence-corrected chi connectivity index (χ3v) is 6.67. The zero-order valence-corrected chi connectivity index (χ0v) is 14.0. The van der Waals surface area contributed by atoms with Crippen LogP contribution >= 0.6 is 0 Å². The molecule has 0 amide bonds. The first kappa shape index (κ1) is 15.2. The Bertz CT molecular complexity index is 793. The van der Waals surface area contributed by atoms with Crippen LogP contribution in [0.3, 0.4) is 0 Å². The lowest BCUT2D eigenvalue weighted by molar-refractivity contribution is -0.205. The van der Waals surface area contributed by atoms with Crippen molar-refractivity contribution in [3.05, 3.63) is 35.3 Å². The first-order valence-corrected chi connectivity index (χ1v) is 8.88. The van der Waals surface area contributed by atoms with E-state index in [0.717, 1.165) is 18.4 Å². The molecule has 1 saturated carbocycles. The van der Waals surface area contributed by atoms with Crippen molar-refractivity contribution in [1.29, 1.82) is 0 Å². The molecule has 1 N–H and O–H groups in total. The summed E-state index contributed by atoms with van der Waals surface area (Å²) in [4.78, 5) is 25.3. The average Bonchev–Trinajstić information content (AvgIpc) is 3.25. The molecule has 2 aliphatic carbocycles. The van der Waals surface area contributed by atoms with Crippen molar-refractivity contribution in [2.24, 2.45) is 17.3 Å². The third kappa shape index (κ3) is 1.78. The van der Waals surface area contributed by atoms with Gasteiger partial charge in [0.2, 0.25) is 5.79 Å². The SMILES string of the molecule is C[C@H]1C[C@@]2(O)OC(=O)C3=C2[C@H](CCC3)[C@@]12C[C@@H](c1ccoc1)OC2=O. The van der Waals surface area contributed by atoms with Gasteiger partial charge in [0.25, 0.3) is 0 Å². The van der Waals surface area contributed by atoms with Gasteiger partial charge in [0.15, 0.2) is 0 Å². The zero-order chi connectivity index (χ0) is 17.4. The summed E-state index contributed by atoms with van der Waals surface area (Å²) in [6, 6.07) is 1.81. The normalized spacial score (nSPS) is 42.6. The molecule has 0 unspecified atom stereocenters. The molecule has 4 aliphatic rings. The lowest BCUT2D eigenvalue weighted by Gasteiger charge is -2.49. The Morgan fingerprint density at radius 3 is 2.88 bits per heavy atom. The minimum Gasteiger partial charge on any atom is -0.472 e. The van der Waals surface area contributed by atoms with Crippen molar-refractivity contribution < 1.29 is 28.6 Å². The number of esters is 2. The highest BCUT2D eigenvalue weighted by molar-refractivity contribution is 5.94. The minimum absolute atomic E-state index is 0.152. The highest BCUT2D eigenvalue weighted by Gasteiger charge is 2.68. The van der Waals surface area contributed by atoms with Gasteiger partial charge in [0.05, 0.1) is 17.9 Å². The van der Waals surface area contributed by atoms with Gasteiger partial charge in [0, 0.05) is 35.5 Å². The Kier molecular flexibility index (Phi) is 2.89. The number of carbonyl (C=O) groups excluding carboxylic acids is 2. The summed E-state index contributed by atoms with van der Waals surface area (Å²) in [5.74, 6) is -2.56. The van der Waals surface area contributed by atoms with E-state index in [1.54, 1.807) is 12.5 Å². The molecule has 1 saturated heterocycles. The van der Waals surface area contributed by atoms with Gasteiger partial charge in [-0.05, 0) is 31.2 Å². The molecule has 6 nitrogen and oxygen atoms in total. The summed E-state index contributed by atoms with van der Waals surface area (Å²) in [6.07, 6.45) is 5.79. The van der Waals surface area contributed by atoms with Crippen molar-refractivity contribution in [3.63, 3.8) is 0 Å². The highest BCUT2D eigenvalue weighted by atomic mass is 16.7. The van der Waals surface area contributed by atoms with Crippen LogP contribution in [0.25, 0.3) is 0 Å². The molecular formula is C19H20O6. The Balaban J connectivity index is 1.62.